The first kappa shape index (κ1) is 12.3. The molecule has 3 aliphatic rings. The van der Waals surface area contributed by atoms with Crippen molar-refractivity contribution in [3.05, 3.63) is 11.9 Å². The summed E-state index contributed by atoms with van der Waals surface area (Å²) in [7, 11) is 1.64. The van der Waals surface area contributed by atoms with Crippen molar-refractivity contribution in [1.82, 2.24) is 9.97 Å². The monoisotopic (exact) mass is 275 g/mol. The zero-order valence-electron chi connectivity index (χ0n) is 11.7. The van der Waals surface area contributed by atoms with Crippen LogP contribution in [0.3, 0.4) is 0 Å². The Hall–Kier alpha value is -1.40. The van der Waals surface area contributed by atoms with Gasteiger partial charge in [-0.15, -0.1) is 0 Å². The fraction of sp³-hybridized carbons (Fsp3) is 0.714. The van der Waals surface area contributed by atoms with Crippen LogP contribution >= 0.6 is 0 Å². The molecule has 0 radical (unpaired) electrons. The third kappa shape index (κ3) is 1.86. The first-order valence-corrected chi connectivity index (χ1v) is 7.40. The zero-order valence-corrected chi connectivity index (χ0v) is 11.7. The van der Waals surface area contributed by atoms with Crippen LogP contribution in [-0.4, -0.2) is 23.1 Å². The van der Waals surface area contributed by atoms with E-state index >= 15 is 0 Å². The van der Waals surface area contributed by atoms with Gasteiger partial charge in [0.1, 0.15) is 18.2 Å². The topological polar surface area (TPSA) is 85.1 Å². The molecule has 3 saturated carbocycles. The number of nitrogens with one attached hydrogen (secondary N) is 2. The number of nitrogens with zero attached hydrogens (tertiary/aromatic N) is 2. The van der Waals surface area contributed by atoms with Crippen LogP contribution in [0.4, 0.5) is 11.6 Å². The van der Waals surface area contributed by atoms with E-state index in [1.54, 1.807) is 7.11 Å². The summed E-state index contributed by atoms with van der Waals surface area (Å²) in [5.41, 5.74) is 2.59. The minimum atomic E-state index is 0.396. The molecular formula is C14H21N5O. The van der Waals surface area contributed by atoms with Gasteiger partial charge in [0.2, 0.25) is 0 Å². The van der Waals surface area contributed by atoms with Crippen LogP contribution < -0.4 is 16.6 Å². The SMILES string of the molecule is COCc1nc(NN)cc(NC2C3C4CCC(C4)C23)n1. The quantitative estimate of drug-likeness (QED) is 0.556. The van der Waals surface area contributed by atoms with Gasteiger partial charge in [-0.3, -0.25) is 0 Å². The first-order valence-electron chi connectivity index (χ1n) is 7.40. The second-order valence-electron chi connectivity index (χ2n) is 6.29. The second kappa shape index (κ2) is 4.56. The zero-order chi connectivity index (χ0) is 13.7. The summed E-state index contributed by atoms with van der Waals surface area (Å²) in [6.07, 6.45) is 4.32. The first-order chi connectivity index (χ1) is 9.80. The van der Waals surface area contributed by atoms with Gasteiger partial charge in [-0.2, -0.15) is 0 Å². The number of nitrogens with two attached hydrogens (primary N) is 1. The molecule has 20 heavy (non-hydrogen) atoms. The molecule has 0 spiro atoms. The average Bonchev–Trinajstić information content (AvgIpc) is 2.85. The van der Waals surface area contributed by atoms with Gasteiger partial charge < -0.3 is 15.5 Å². The summed E-state index contributed by atoms with van der Waals surface area (Å²) in [6, 6.07) is 2.48. The number of hydrogen-bond acceptors (Lipinski definition) is 6. The number of methoxy groups -OCH3 is 1. The van der Waals surface area contributed by atoms with Gasteiger partial charge in [0.15, 0.2) is 5.82 Å². The van der Waals surface area contributed by atoms with Crippen molar-refractivity contribution in [2.45, 2.75) is 31.9 Å². The summed E-state index contributed by atoms with van der Waals surface area (Å²) in [5, 5.41) is 3.59. The van der Waals surface area contributed by atoms with E-state index in [1.807, 2.05) is 6.07 Å². The number of anilines is 2. The highest BCUT2D eigenvalue weighted by Crippen LogP contribution is 2.66. The van der Waals surface area contributed by atoms with Crippen molar-refractivity contribution in [2.24, 2.45) is 29.5 Å². The lowest BCUT2D eigenvalue weighted by Crippen LogP contribution is -2.16. The normalized spacial score (nSPS) is 36.8. The molecule has 6 heteroatoms. The number of nitrogen functional groups attached to an aromatic ring is 1. The van der Waals surface area contributed by atoms with Gasteiger partial charge in [-0.1, -0.05) is 0 Å². The van der Waals surface area contributed by atoms with Crippen molar-refractivity contribution in [1.29, 1.82) is 0 Å². The number of aromatic nitrogens is 2. The van der Waals surface area contributed by atoms with Gasteiger partial charge in [0, 0.05) is 19.2 Å². The largest absolute Gasteiger partial charge is 0.377 e. The Morgan fingerprint density at radius 2 is 1.95 bits per heavy atom. The van der Waals surface area contributed by atoms with E-state index < -0.39 is 0 Å². The minimum absolute atomic E-state index is 0.396. The van der Waals surface area contributed by atoms with E-state index in [1.165, 1.54) is 19.3 Å². The molecule has 4 rings (SSSR count). The maximum atomic E-state index is 5.47. The Balaban J connectivity index is 1.50. The van der Waals surface area contributed by atoms with Gasteiger partial charge in [-0.05, 0) is 42.9 Å². The molecule has 4 unspecified atom stereocenters. The Kier molecular flexibility index (Phi) is 2.82. The van der Waals surface area contributed by atoms with Gasteiger partial charge in [0.05, 0.1) is 0 Å². The summed E-state index contributed by atoms with van der Waals surface area (Å²) in [6.45, 7) is 0.396. The molecule has 0 aromatic carbocycles. The van der Waals surface area contributed by atoms with Crippen LogP contribution in [-0.2, 0) is 11.3 Å². The number of hydrazine groups is 1. The fourth-order valence-electron chi connectivity index (χ4n) is 4.53. The van der Waals surface area contributed by atoms with E-state index in [4.69, 9.17) is 10.6 Å². The van der Waals surface area contributed by atoms with E-state index in [-0.39, 0.29) is 0 Å². The smallest absolute Gasteiger partial charge is 0.158 e. The van der Waals surface area contributed by atoms with Crippen molar-refractivity contribution in [3.8, 4) is 0 Å². The van der Waals surface area contributed by atoms with Crippen LogP contribution in [0.5, 0.6) is 0 Å². The molecule has 2 bridgehead atoms. The van der Waals surface area contributed by atoms with Crippen molar-refractivity contribution in [2.75, 3.05) is 17.9 Å². The molecule has 0 saturated heterocycles. The van der Waals surface area contributed by atoms with Crippen LogP contribution in [0.15, 0.2) is 6.07 Å². The number of rotatable bonds is 5. The Morgan fingerprint density at radius 1 is 1.25 bits per heavy atom. The average molecular weight is 275 g/mol. The molecule has 1 aromatic heterocycles. The lowest BCUT2D eigenvalue weighted by atomic mass is 10.0. The van der Waals surface area contributed by atoms with E-state index in [0.717, 1.165) is 29.5 Å². The molecular weight excluding hydrogens is 254 g/mol. The van der Waals surface area contributed by atoms with Crippen molar-refractivity contribution >= 4 is 11.6 Å². The Labute approximate surface area is 118 Å². The van der Waals surface area contributed by atoms with E-state index in [0.29, 0.717) is 24.3 Å². The lowest BCUT2D eigenvalue weighted by molar-refractivity contribution is 0.178. The predicted molar refractivity (Wildman–Crippen MR) is 75.8 cm³/mol. The van der Waals surface area contributed by atoms with E-state index in [2.05, 4.69) is 20.7 Å². The van der Waals surface area contributed by atoms with Crippen molar-refractivity contribution in [3.63, 3.8) is 0 Å². The fourth-order valence-corrected chi connectivity index (χ4v) is 4.53. The maximum absolute atomic E-state index is 5.47. The van der Waals surface area contributed by atoms with Crippen LogP contribution in [0.25, 0.3) is 0 Å². The number of ether oxygens (including phenoxy) is 1. The molecule has 4 N–H and O–H groups in total. The Morgan fingerprint density at radius 3 is 2.60 bits per heavy atom. The van der Waals surface area contributed by atoms with Crippen LogP contribution in [0.2, 0.25) is 0 Å². The van der Waals surface area contributed by atoms with Crippen LogP contribution in [0.1, 0.15) is 25.1 Å². The number of fused-ring (bicyclic) bond motifs is 5. The summed E-state index contributed by atoms with van der Waals surface area (Å²) in [4.78, 5) is 8.78. The molecule has 6 nitrogen and oxygen atoms in total. The molecule has 0 aliphatic heterocycles. The lowest BCUT2D eigenvalue weighted by Gasteiger charge is -2.13. The highest BCUT2D eigenvalue weighted by atomic mass is 16.5. The van der Waals surface area contributed by atoms with Gasteiger partial charge in [0.25, 0.3) is 0 Å². The minimum Gasteiger partial charge on any atom is -0.377 e. The standard InChI is InChI=1S/C14H21N5O/c1-20-6-11-16-9(5-10(17-11)19-15)18-14-12-7-2-3-8(4-7)13(12)14/h5,7-8,12-14H,2-4,6,15H2,1H3,(H2,16,17,18,19). The van der Waals surface area contributed by atoms with Gasteiger partial charge >= 0.3 is 0 Å². The third-order valence-electron chi connectivity index (χ3n) is 5.24. The summed E-state index contributed by atoms with van der Waals surface area (Å²) in [5.74, 6) is 11.3. The molecule has 4 atom stereocenters. The van der Waals surface area contributed by atoms with Crippen molar-refractivity contribution < 1.29 is 4.74 Å². The highest BCUT2D eigenvalue weighted by molar-refractivity contribution is 5.49. The van der Waals surface area contributed by atoms with Gasteiger partial charge in [-0.25, -0.2) is 15.8 Å². The third-order valence-corrected chi connectivity index (χ3v) is 5.24. The predicted octanol–water partition coefficient (Wildman–Crippen LogP) is 1.36. The molecule has 1 aromatic rings. The molecule has 108 valence electrons. The summed E-state index contributed by atoms with van der Waals surface area (Å²) < 4.78 is 5.10. The molecule has 1 heterocycles. The number of hydrogen-bond donors (Lipinski definition) is 3. The van der Waals surface area contributed by atoms with Crippen LogP contribution in [0, 0.1) is 23.7 Å². The molecule has 0 amide bonds. The summed E-state index contributed by atoms with van der Waals surface area (Å²) >= 11 is 0. The Bertz CT molecular complexity index is 506. The maximum Gasteiger partial charge on any atom is 0.158 e. The van der Waals surface area contributed by atoms with E-state index in [9.17, 15) is 0 Å². The molecule has 3 fully saturated rings. The highest BCUT2D eigenvalue weighted by Gasteiger charge is 2.65. The molecule has 3 aliphatic carbocycles. The second-order valence-corrected chi connectivity index (χ2v) is 6.29.